The van der Waals surface area contributed by atoms with Crippen LogP contribution in [0.3, 0.4) is 0 Å². The molecule has 2 heterocycles. The van der Waals surface area contributed by atoms with Crippen LogP contribution in [0.4, 0.5) is 5.13 Å². The van der Waals surface area contributed by atoms with Crippen LogP contribution in [0.15, 0.2) is 70.2 Å². The van der Waals surface area contributed by atoms with Gasteiger partial charge in [-0.05, 0) is 55.0 Å². The first-order chi connectivity index (χ1) is 14.1. The number of para-hydroxylation sites is 1. The summed E-state index contributed by atoms with van der Waals surface area (Å²) in [6.07, 6.45) is 1.62. The molecule has 0 unspecified atom stereocenters. The molecule has 2 aromatic heterocycles. The Labute approximate surface area is 177 Å². The zero-order valence-electron chi connectivity index (χ0n) is 16.1. The molecule has 0 bridgehead atoms. The third-order valence-corrected chi connectivity index (χ3v) is 6.50. The van der Waals surface area contributed by atoms with Gasteiger partial charge < -0.3 is 9.15 Å². The number of furan rings is 1. The molecule has 0 spiro atoms. The highest BCUT2D eigenvalue weighted by Gasteiger charge is 2.22. The van der Waals surface area contributed by atoms with E-state index in [0.717, 1.165) is 32.2 Å². The third-order valence-electron chi connectivity index (χ3n) is 4.46. The van der Waals surface area contributed by atoms with Crippen molar-refractivity contribution in [3.63, 3.8) is 0 Å². The normalized spacial score (nSPS) is 11.0. The molecule has 0 N–H and O–H groups in total. The van der Waals surface area contributed by atoms with Crippen molar-refractivity contribution < 1.29 is 13.9 Å². The summed E-state index contributed by atoms with van der Waals surface area (Å²) >= 11 is 3.02. The molecule has 5 nitrogen and oxygen atoms in total. The number of aryl methyl sites for hydroxylation is 1. The Morgan fingerprint density at radius 3 is 2.69 bits per heavy atom. The first kappa shape index (κ1) is 19.5. The van der Waals surface area contributed by atoms with E-state index in [4.69, 9.17) is 14.1 Å². The van der Waals surface area contributed by atoms with E-state index in [2.05, 4.69) is 0 Å². The highest BCUT2D eigenvalue weighted by Crippen LogP contribution is 2.32. The van der Waals surface area contributed by atoms with Crippen LogP contribution in [-0.4, -0.2) is 23.8 Å². The minimum Gasteiger partial charge on any atom is -0.497 e. The van der Waals surface area contributed by atoms with Crippen molar-refractivity contribution in [3.05, 3.63) is 72.2 Å². The number of rotatable bonds is 7. The van der Waals surface area contributed by atoms with E-state index in [1.165, 1.54) is 23.1 Å². The Balaban J connectivity index is 1.57. The van der Waals surface area contributed by atoms with Crippen molar-refractivity contribution in [1.82, 2.24) is 4.98 Å². The quantitative estimate of drug-likeness (QED) is 0.365. The molecule has 0 aliphatic rings. The molecule has 0 saturated carbocycles. The molecule has 2 aromatic carbocycles. The number of aromatic nitrogens is 1. The number of thioether (sulfide) groups is 1. The van der Waals surface area contributed by atoms with Crippen molar-refractivity contribution in [1.29, 1.82) is 0 Å². The summed E-state index contributed by atoms with van der Waals surface area (Å²) in [5, 5.41) is 0.686. The second-order valence-corrected chi connectivity index (χ2v) is 8.50. The highest BCUT2D eigenvalue weighted by molar-refractivity contribution is 8.00. The minimum absolute atomic E-state index is 0.0149. The van der Waals surface area contributed by atoms with Crippen molar-refractivity contribution in [2.75, 3.05) is 17.8 Å². The lowest BCUT2D eigenvalue weighted by molar-refractivity contribution is -0.116. The summed E-state index contributed by atoms with van der Waals surface area (Å²) in [6, 6.07) is 17.5. The van der Waals surface area contributed by atoms with Gasteiger partial charge in [0.25, 0.3) is 0 Å². The van der Waals surface area contributed by atoms with Gasteiger partial charge in [-0.3, -0.25) is 9.69 Å². The molecule has 0 saturated heterocycles. The number of carbonyl (C=O) groups is 1. The molecule has 4 aromatic rings. The molecule has 0 radical (unpaired) electrons. The molecular formula is C22H20N2O3S2. The van der Waals surface area contributed by atoms with E-state index in [1.807, 2.05) is 61.5 Å². The minimum atomic E-state index is -0.0149. The lowest BCUT2D eigenvalue weighted by atomic mass is 10.2. The number of nitrogens with zero attached hydrogens (tertiary/aromatic N) is 2. The van der Waals surface area contributed by atoms with Gasteiger partial charge in [0, 0.05) is 4.90 Å². The number of methoxy groups -OCH3 is 1. The number of carbonyl (C=O) groups excluding carboxylic acids is 1. The standard InChI is InChI=1S/C22H20N2O3S2/c1-15-5-3-7-19-21(15)23-22(29-19)24(13-17-6-4-12-27-17)20(25)14-28-18-10-8-16(26-2)9-11-18/h3-12H,13-14H2,1-2H3. The number of fused-ring (bicyclic) bond motifs is 1. The van der Waals surface area contributed by atoms with Gasteiger partial charge >= 0.3 is 0 Å². The molecule has 0 fully saturated rings. The van der Waals surface area contributed by atoms with E-state index in [-0.39, 0.29) is 5.91 Å². The summed E-state index contributed by atoms with van der Waals surface area (Å²) in [5.41, 5.74) is 2.04. The number of anilines is 1. The molecular weight excluding hydrogens is 404 g/mol. The largest absolute Gasteiger partial charge is 0.497 e. The van der Waals surface area contributed by atoms with Crippen LogP contribution in [-0.2, 0) is 11.3 Å². The Hall–Kier alpha value is -2.77. The van der Waals surface area contributed by atoms with Gasteiger partial charge in [-0.25, -0.2) is 4.98 Å². The van der Waals surface area contributed by atoms with E-state index in [9.17, 15) is 4.79 Å². The highest BCUT2D eigenvalue weighted by atomic mass is 32.2. The van der Waals surface area contributed by atoms with Gasteiger partial charge in [0.2, 0.25) is 5.91 Å². The number of ether oxygens (including phenoxy) is 1. The number of benzene rings is 2. The molecule has 29 heavy (non-hydrogen) atoms. The Bertz CT molecular complexity index is 1110. The fourth-order valence-corrected chi connectivity index (χ4v) is 4.74. The van der Waals surface area contributed by atoms with Crippen molar-refractivity contribution >= 4 is 44.4 Å². The molecule has 7 heteroatoms. The van der Waals surface area contributed by atoms with E-state index < -0.39 is 0 Å². The van der Waals surface area contributed by atoms with Crippen LogP contribution in [0, 0.1) is 6.92 Å². The maximum Gasteiger partial charge on any atom is 0.239 e. The van der Waals surface area contributed by atoms with Crippen LogP contribution >= 0.6 is 23.1 Å². The van der Waals surface area contributed by atoms with Crippen LogP contribution in [0.2, 0.25) is 0 Å². The van der Waals surface area contributed by atoms with Crippen molar-refractivity contribution in [2.24, 2.45) is 0 Å². The topological polar surface area (TPSA) is 55.6 Å². The maximum absolute atomic E-state index is 13.1. The van der Waals surface area contributed by atoms with Crippen LogP contribution in [0.25, 0.3) is 10.2 Å². The number of thiazole rings is 1. The predicted molar refractivity (Wildman–Crippen MR) is 118 cm³/mol. The fraction of sp³-hybridized carbons (Fsp3) is 0.182. The Morgan fingerprint density at radius 2 is 2.00 bits per heavy atom. The Kier molecular flexibility index (Phi) is 5.87. The average molecular weight is 425 g/mol. The summed E-state index contributed by atoms with van der Waals surface area (Å²) in [7, 11) is 1.64. The zero-order chi connectivity index (χ0) is 20.2. The number of amides is 1. The van der Waals surface area contributed by atoms with Crippen molar-refractivity contribution in [3.8, 4) is 5.75 Å². The van der Waals surface area contributed by atoms with Crippen LogP contribution < -0.4 is 9.64 Å². The summed E-state index contributed by atoms with van der Waals surface area (Å²) < 4.78 is 11.7. The zero-order valence-corrected chi connectivity index (χ0v) is 17.8. The van der Waals surface area contributed by atoms with Crippen LogP contribution in [0.5, 0.6) is 5.75 Å². The van der Waals surface area contributed by atoms with Gasteiger partial charge in [0.05, 0.1) is 35.9 Å². The molecule has 0 aliphatic carbocycles. The molecule has 0 atom stereocenters. The first-order valence-electron chi connectivity index (χ1n) is 9.10. The SMILES string of the molecule is COc1ccc(SCC(=O)N(Cc2ccco2)c2nc3c(C)cccc3s2)cc1. The third kappa shape index (κ3) is 4.46. The van der Waals surface area contributed by atoms with Crippen LogP contribution in [0.1, 0.15) is 11.3 Å². The smallest absolute Gasteiger partial charge is 0.239 e. The van der Waals surface area contributed by atoms with Gasteiger partial charge in [-0.2, -0.15) is 0 Å². The lowest BCUT2D eigenvalue weighted by Crippen LogP contribution is -2.31. The molecule has 4 rings (SSSR count). The lowest BCUT2D eigenvalue weighted by Gasteiger charge is -2.18. The maximum atomic E-state index is 13.1. The molecule has 1 amide bonds. The summed E-state index contributed by atoms with van der Waals surface area (Å²) in [4.78, 5) is 20.6. The van der Waals surface area contributed by atoms with Gasteiger partial charge in [-0.15, -0.1) is 11.8 Å². The van der Waals surface area contributed by atoms with E-state index >= 15 is 0 Å². The van der Waals surface area contributed by atoms with Gasteiger partial charge in [0.1, 0.15) is 11.5 Å². The summed E-state index contributed by atoms with van der Waals surface area (Å²) in [6.45, 7) is 2.39. The average Bonchev–Trinajstić information content (AvgIpc) is 3.41. The number of hydrogen-bond donors (Lipinski definition) is 0. The predicted octanol–water partition coefficient (Wildman–Crippen LogP) is 5.53. The monoisotopic (exact) mass is 424 g/mol. The molecule has 0 aliphatic heterocycles. The Morgan fingerprint density at radius 1 is 1.17 bits per heavy atom. The van der Waals surface area contributed by atoms with E-state index in [1.54, 1.807) is 18.3 Å². The second kappa shape index (κ2) is 8.71. The van der Waals surface area contributed by atoms with Gasteiger partial charge in [-0.1, -0.05) is 23.5 Å². The molecule has 148 valence electrons. The van der Waals surface area contributed by atoms with Crippen molar-refractivity contribution in [2.45, 2.75) is 18.4 Å². The fourth-order valence-electron chi connectivity index (χ4n) is 2.91. The van der Waals surface area contributed by atoms with Gasteiger partial charge in [0.15, 0.2) is 5.13 Å². The van der Waals surface area contributed by atoms with E-state index in [0.29, 0.717) is 17.4 Å². The first-order valence-corrected chi connectivity index (χ1v) is 10.9. The number of hydrogen-bond acceptors (Lipinski definition) is 6. The second-order valence-electron chi connectivity index (χ2n) is 6.44. The summed E-state index contributed by atoms with van der Waals surface area (Å²) in [5.74, 6) is 1.81.